The van der Waals surface area contributed by atoms with Crippen molar-refractivity contribution in [1.82, 2.24) is 19.6 Å². The van der Waals surface area contributed by atoms with Crippen molar-refractivity contribution in [3.05, 3.63) is 59.7 Å². The second kappa shape index (κ2) is 7.99. The topological polar surface area (TPSA) is 93.8 Å². The number of benzene rings is 1. The molecule has 0 saturated carbocycles. The zero-order valence-electron chi connectivity index (χ0n) is 15.2. The Morgan fingerprint density at radius 2 is 1.82 bits per heavy atom. The lowest BCUT2D eigenvalue weighted by molar-refractivity contribution is -0.117. The Morgan fingerprint density at radius 3 is 2.43 bits per heavy atom. The number of alkyl halides is 2. The van der Waals surface area contributed by atoms with E-state index in [1.54, 1.807) is 50.5 Å². The third kappa shape index (κ3) is 4.58. The van der Waals surface area contributed by atoms with Crippen LogP contribution in [0.4, 0.5) is 20.2 Å². The average Bonchev–Trinajstić information content (AvgIpc) is 3.21. The molecule has 0 saturated heterocycles. The maximum atomic E-state index is 12.7. The van der Waals surface area contributed by atoms with Crippen molar-refractivity contribution in [2.75, 3.05) is 10.6 Å². The van der Waals surface area contributed by atoms with Gasteiger partial charge in [-0.2, -0.15) is 10.2 Å². The second-order valence-corrected chi connectivity index (χ2v) is 6.13. The highest BCUT2D eigenvalue weighted by atomic mass is 19.3. The monoisotopic (exact) mass is 388 g/mol. The molecule has 1 aromatic carbocycles. The molecule has 2 heterocycles. The molecule has 2 aromatic heterocycles. The van der Waals surface area contributed by atoms with Crippen LogP contribution >= 0.6 is 0 Å². The Balaban J connectivity index is 1.64. The molecule has 146 valence electrons. The molecule has 3 rings (SSSR count). The Bertz CT molecular complexity index is 1010. The highest BCUT2D eigenvalue weighted by molar-refractivity contribution is 6.03. The van der Waals surface area contributed by atoms with Gasteiger partial charge in [-0.3, -0.25) is 19.0 Å². The molecule has 0 aliphatic carbocycles. The maximum Gasteiger partial charge on any atom is 0.282 e. The summed E-state index contributed by atoms with van der Waals surface area (Å²) in [6.45, 7) is 1.39. The van der Waals surface area contributed by atoms with E-state index in [0.29, 0.717) is 17.1 Å². The summed E-state index contributed by atoms with van der Waals surface area (Å²) in [5.41, 5.74) is 1.28. The minimum atomic E-state index is -2.69. The molecular formula is C18H18F2N6O2. The van der Waals surface area contributed by atoms with Gasteiger partial charge >= 0.3 is 0 Å². The molecule has 0 aliphatic rings. The first kappa shape index (κ1) is 19.2. The highest BCUT2D eigenvalue weighted by Crippen LogP contribution is 2.19. The van der Waals surface area contributed by atoms with Crippen molar-refractivity contribution in [2.45, 2.75) is 19.9 Å². The Labute approximate surface area is 159 Å². The van der Waals surface area contributed by atoms with E-state index in [4.69, 9.17) is 0 Å². The zero-order chi connectivity index (χ0) is 20.3. The Hall–Kier alpha value is -3.56. The molecule has 28 heavy (non-hydrogen) atoms. The van der Waals surface area contributed by atoms with E-state index in [1.807, 2.05) is 0 Å². The van der Waals surface area contributed by atoms with Crippen LogP contribution in [-0.4, -0.2) is 31.4 Å². The second-order valence-electron chi connectivity index (χ2n) is 6.13. The summed E-state index contributed by atoms with van der Waals surface area (Å²) in [6, 6.07) is 9.39. The van der Waals surface area contributed by atoms with Crippen LogP contribution in [0.15, 0.2) is 42.6 Å². The fraction of sp³-hybridized carbons (Fsp3) is 0.222. The van der Waals surface area contributed by atoms with Crippen molar-refractivity contribution in [3.63, 3.8) is 0 Å². The number of carbonyl (C=O) groups excluding carboxylic acids is 2. The lowest BCUT2D eigenvalue weighted by Gasteiger charge is -2.09. The summed E-state index contributed by atoms with van der Waals surface area (Å²) in [5, 5.41) is 13.1. The number of halogens is 2. The number of aryl methyl sites for hydroxylation is 2. The fourth-order valence-electron chi connectivity index (χ4n) is 2.54. The van der Waals surface area contributed by atoms with Gasteiger partial charge in [0.1, 0.15) is 12.2 Å². The SMILES string of the molecule is Cc1cc(C(F)F)nn1CC(=O)Nc1cccc(NC(=O)c2ccn(C)n2)c1. The van der Waals surface area contributed by atoms with Gasteiger partial charge in [-0.15, -0.1) is 0 Å². The molecule has 10 heteroatoms. The molecule has 0 radical (unpaired) electrons. The van der Waals surface area contributed by atoms with Gasteiger partial charge in [0.15, 0.2) is 5.69 Å². The van der Waals surface area contributed by atoms with Crippen LogP contribution in [0.2, 0.25) is 0 Å². The highest BCUT2D eigenvalue weighted by Gasteiger charge is 2.15. The van der Waals surface area contributed by atoms with Crippen LogP contribution in [0.25, 0.3) is 0 Å². The number of aromatic nitrogens is 4. The van der Waals surface area contributed by atoms with Crippen LogP contribution < -0.4 is 10.6 Å². The summed E-state index contributed by atoms with van der Waals surface area (Å²) < 4.78 is 28.1. The summed E-state index contributed by atoms with van der Waals surface area (Å²) in [5.74, 6) is -0.809. The fourth-order valence-corrected chi connectivity index (χ4v) is 2.54. The first-order valence-electron chi connectivity index (χ1n) is 8.35. The standard InChI is InChI=1S/C18H18F2N6O2/c1-11-8-15(17(19)20)24-26(11)10-16(27)21-12-4-3-5-13(9-12)22-18(28)14-6-7-25(2)23-14/h3-9,17H,10H2,1-2H3,(H,21,27)(H,22,28). The van der Waals surface area contributed by atoms with Gasteiger partial charge in [-0.05, 0) is 37.3 Å². The molecule has 0 fully saturated rings. The predicted molar refractivity (Wildman–Crippen MR) is 98.2 cm³/mol. The number of carbonyl (C=O) groups is 2. The van der Waals surface area contributed by atoms with Gasteiger partial charge in [-0.25, -0.2) is 8.78 Å². The van der Waals surface area contributed by atoms with E-state index in [0.717, 1.165) is 0 Å². The van der Waals surface area contributed by atoms with E-state index < -0.39 is 12.3 Å². The molecule has 2 amide bonds. The number of amides is 2. The third-order valence-corrected chi connectivity index (χ3v) is 3.87. The molecule has 0 aliphatic heterocycles. The van der Waals surface area contributed by atoms with Crippen LogP contribution in [0, 0.1) is 6.92 Å². The summed E-state index contributed by atoms with van der Waals surface area (Å²) in [7, 11) is 1.71. The van der Waals surface area contributed by atoms with Crippen molar-refractivity contribution in [3.8, 4) is 0 Å². The molecule has 0 atom stereocenters. The summed E-state index contributed by atoms with van der Waals surface area (Å²) >= 11 is 0. The lowest BCUT2D eigenvalue weighted by atomic mass is 10.2. The van der Waals surface area contributed by atoms with Gasteiger partial charge in [0.05, 0.1) is 0 Å². The van der Waals surface area contributed by atoms with Crippen LogP contribution in [0.5, 0.6) is 0 Å². The normalized spacial score (nSPS) is 10.9. The number of hydrogen-bond donors (Lipinski definition) is 2. The molecular weight excluding hydrogens is 370 g/mol. The predicted octanol–water partition coefficient (Wildman–Crippen LogP) is 2.75. The molecule has 8 nitrogen and oxygen atoms in total. The van der Waals surface area contributed by atoms with E-state index in [1.165, 1.54) is 15.4 Å². The van der Waals surface area contributed by atoms with Gasteiger partial charge in [0, 0.05) is 30.3 Å². The molecule has 2 N–H and O–H groups in total. The number of anilines is 2. The number of nitrogens with zero attached hydrogens (tertiary/aromatic N) is 4. The van der Waals surface area contributed by atoms with Crippen molar-refractivity contribution < 1.29 is 18.4 Å². The lowest BCUT2D eigenvalue weighted by Crippen LogP contribution is -2.20. The van der Waals surface area contributed by atoms with E-state index in [-0.39, 0.29) is 23.8 Å². The molecule has 0 unspecified atom stereocenters. The minimum absolute atomic E-state index is 0.205. The van der Waals surface area contributed by atoms with Gasteiger partial charge in [-0.1, -0.05) is 6.07 Å². The smallest absolute Gasteiger partial charge is 0.282 e. The van der Waals surface area contributed by atoms with Crippen LogP contribution in [-0.2, 0) is 18.4 Å². The Morgan fingerprint density at radius 1 is 1.11 bits per heavy atom. The third-order valence-electron chi connectivity index (χ3n) is 3.87. The van der Waals surface area contributed by atoms with Gasteiger partial charge in [0.2, 0.25) is 5.91 Å². The Kier molecular flexibility index (Phi) is 5.48. The zero-order valence-corrected chi connectivity index (χ0v) is 15.2. The number of hydrogen-bond acceptors (Lipinski definition) is 4. The van der Waals surface area contributed by atoms with Crippen molar-refractivity contribution in [1.29, 1.82) is 0 Å². The maximum absolute atomic E-state index is 12.7. The van der Waals surface area contributed by atoms with Crippen LogP contribution in [0.3, 0.4) is 0 Å². The first-order chi connectivity index (χ1) is 13.3. The number of nitrogens with one attached hydrogen (secondary N) is 2. The molecule has 0 spiro atoms. The largest absolute Gasteiger partial charge is 0.324 e. The molecule has 0 bridgehead atoms. The quantitative estimate of drug-likeness (QED) is 0.679. The first-order valence-corrected chi connectivity index (χ1v) is 8.35. The minimum Gasteiger partial charge on any atom is -0.324 e. The van der Waals surface area contributed by atoms with E-state index in [2.05, 4.69) is 20.8 Å². The molecule has 3 aromatic rings. The number of rotatable bonds is 6. The van der Waals surface area contributed by atoms with E-state index >= 15 is 0 Å². The van der Waals surface area contributed by atoms with Gasteiger partial charge in [0.25, 0.3) is 12.3 Å². The summed E-state index contributed by atoms with van der Waals surface area (Å²) in [6.07, 6.45) is -1.04. The summed E-state index contributed by atoms with van der Waals surface area (Å²) in [4.78, 5) is 24.4. The average molecular weight is 388 g/mol. The van der Waals surface area contributed by atoms with Crippen molar-refractivity contribution in [2.24, 2.45) is 7.05 Å². The van der Waals surface area contributed by atoms with Crippen LogP contribution in [0.1, 0.15) is 28.3 Å². The van der Waals surface area contributed by atoms with Crippen molar-refractivity contribution >= 4 is 23.2 Å². The van der Waals surface area contributed by atoms with E-state index in [9.17, 15) is 18.4 Å². The van der Waals surface area contributed by atoms with Gasteiger partial charge < -0.3 is 10.6 Å².